The summed E-state index contributed by atoms with van der Waals surface area (Å²) in [6, 6.07) is 0. The van der Waals surface area contributed by atoms with Crippen molar-refractivity contribution in [2.24, 2.45) is 17.8 Å². The second-order valence-electron chi connectivity index (χ2n) is 3.76. The van der Waals surface area contributed by atoms with Crippen LogP contribution in [0.4, 0.5) is 0 Å². The zero-order valence-corrected chi connectivity index (χ0v) is 7.77. The monoisotopic (exact) mass is 178 g/mol. The van der Waals surface area contributed by atoms with Crippen molar-refractivity contribution in [1.29, 1.82) is 0 Å². The zero-order valence-electron chi connectivity index (χ0n) is 7.77. The lowest BCUT2D eigenvalue weighted by Crippen LogP contribution is -2.24. The minimum Gasteiger partial charge on any atom is -0.466 e. The molecule has 0 saturated carbocycles. The highest BCUT2D eigenvalue weighted by atomic mass is 16.5. The summed E-state index contributed by atoms with van der Waals surface area (Å²) >= 11 is 0. The molecule has 2 aliphatic carbocycles. The summed E-state index contributed by atoms with van der Waals surface area (Å²) in [7, 11) is 0. The molecule has 13 heavy (non-hydrogen) atoms. The van der Waals surface area contributed by atoms with Crippen LogP contribution in [0.15, 0.2) is 24.3 Å². The average molecular weight is 178 g/mol. The summed E-state index contributed by atoms with van der Waals surface area (Å²) in [5.74, 6) is 1.41. The van der Waals surface area contributed by atoms with Crippen LogP contribution < -0.4 is 0 Å². The smallest absolute Gasteiger partial charge is 0.302 e. The third-order valence-corrected chi connectivity index (χ3v) is 2.87. The van der Waals surface area contributed by atoms with Crippen molar-refractivity contribution in [3.63, 3.8) is 0 Å². The molecule has 0 aromatic carbocycles. The molecule has 3 atom stereocenters. The third-order valence-electron chi connectivity index (χ3n) is 2.87. The van der Waals surface area contributed by atoms with E-state index in [-0.39, 0.29) is 5.97 Å². The van der Waals surface area contributed by atoms with Crippen molar-refractivity contribution >= 4 is 5.97 Å². The van der Waals surface area contributed by atoms with Crippen LogP contribution in [-0.4, -0.2) is 12.6 Å². The maximum absolute atomic E-state index is 10.7. The highest BCUT2D eigenvalue weighted by molar-refractivity contribution is 5.65. The Morgan fingerprint density at radius 3 is 3.00 bits per heavy atom. The van der Waals surface area contributed by atoms with Gasteiger partial charge in [0, 0.05) is 18.8 Å². The van der Waals surface area contributed by atoms with Gasteiger partial charge in [-0.25, -0.2) is 0 Å². The molecule has 0 aromatic rings. The lowest BCUT2D eigenvalue weighted by molar-refractivity contribution is -0.142. The van der Waals surface area contributed by atoms with E-state index in [0.29, 0.717) is 24.4 Å². The number of hydrogen-bond donors (Lipinski definition) is 0. The Balaban J connectivity index is 1.95. The topological polar surface area (TPSA) is 26.3 Å². The lowest BCUT2D eigenvalue weighted by Gasteiger charge is -2.25. The molecule has 0 aliphatic heterocycles. The summed E-state index contributed by atoms with van der Waals surface area (Å²) in [5.41, 5.74) is 0. The van der Waals surface area contributed by atoms with Gasteiger partial charge in [-0.05, 0) is 12.3 Å². The number of esters is 1. The molecular formula is C11H14O2. The molecule has 2 bridgehead atoms. The molecule has 0 radical (unpaired) electrons. The number of hydrogen-bond acceptors (Lipinski definition) is 2. The largest absolute Gasteiger partial charge is 0.466 e. The molecule has 0 spiro atoms. The van der Waals surface area contributed by atoms with Crippen molar-refractivity contribution < 1.29 is 9.53 Å². The Morgan fingerprint density at radius 1 is 1.46 bits per heavy atom. The van der Waals surface area contributed by atoms with Gasteiger partial charge in [-0.2, -0.15) is 0 Å². The van der Waals surface area contributed by atoms with E-state index in [1.165, 1.54) is 6.92 Å². The Morgan fingerprint density at radius 2 is 2.31 bits per heavy atom. The highest BCUT2D eigenvalue weighted by Crippen LogP contribution is 2.38. The van der Waals surface area contributed by atoms with E-state index in [0.717, 1.165) is 6.42 Å². The van der Waals surface area contributed by atoms with Crippen molar-refractivity contribution in [2.75, 3.05) is 6.61 Å². The quantitative estimate of drug-likeness (QED) is 0.477. The molecule has 0 heterocycles. The van der Waals surface area contributed by atoms with Gasteiger partial charge in [-0.15, -0.1) is 0 Å². The predicted octanol–water partition coefficient (Wildman–Crippen LogP) is 1.93. The third kappa shape index (κ3) is 1.67. The molecule has 2 heteroatoms. The fourth-order valence-electron chi connectivity index (χ4n) is 2.14. The first kappa shape index (κ1) is 8.54. The van der Waals surface area contributed by atoms with Crippen LogP contribution in [0.1, 0.15) is 13.3 Å². The van der Waals surface area contributed by atoms with Crippen molar-refractivity contribution in [1.82, 2.24) is 0 Å². The number of carbonyl (C=O) groups is 1. The number of ether oxygens (including phenoxy) is 1. The highest BCUT2D eigenvalue weighted by Gasteiger charge is 2.32. The Labute approximate surface area is 78.3 Å². The maximum atomic E-state index is 10.7. The van der Waals surface area contributed by atoms with Gasteiger partial charge in [-0.1, -0.05) is 24.3 Å². The van der Waals surface area contributed by atoms with Gasteiger partial charge in [0.05, 0.1) is 6.61 Å². The van der Waals surface area contributed by atoms with Gasteiger partial charge in [0.1, 0.15) is 0 Å². The first-order valence-corrected chi connectivity index (χ1v) is 4.76. The number of carbonyl (C=O) groups excluding carboxylic acids is 1. The predicted molar refractivity (Wildman–Crippen MR) is 50.0 cm³/mol. The summed E-state index contributed by atoms with van der Waals surface area (Å²) < 4.78 is 5.05. The minimum absolute atomic E-state index is 0.172. The van der Waals surface area contributed by atoms with Crippen molar-refractivity contribution in [2.45, 2.75) is 13.3 Å². The van der Waals surface area contributed by atoms with Gasteiger partial charge < -0.3 is 4.74 Å². The molecule has 2 nitrogen and oxygen atoms in total. The molecule has 2 aliphatic rings. The Bertz CT molecular complexity index is 263. The van der Waals surface area contributed by atoms with Gasteiger partial charge in [0.25, 0.3) is 0 Å². The fraction of sp³-hybridized carbons (Fsp3) is 0.545. The Hall–Kier alpha value is -1.05. The summed E-state index contributed by atoms with van der Waals surface area (Å²) in [6.07, 6.45) is 10.0. The molecule has 0 saturated heterocycles. The second kappa shape index (κ2) is 3.36. The van der Waals surface area contributed by atoms with Gasteiger partial charge in [0.2, 0.25) is 0 Å². The van der Waals surface area contributed by atoms with E-state index in [1.54, 1.807) is 0 Å². The minimum atomic E-state index is -0.172. The van der Waals surface area contributed by atoms with Crippen LogP contribution in [0.5, 0.6) is 0 Å². The molecule has 0 N–H and O–H groups in total. The molecule has 0 unspecified atom stereocenters. The summed E-state index contributed by atoms with van der Waals surface area (Å²) in [6.45, 7) is 2.04. The van der Waals surface area contributed by atoms with E-state index in [2.05, 4.69) is 24.3 Å². The second-order valence-corrected chi connectivity index (χ2v) is 3.76. The lowest BCUT2D eigenvalue weighted by atomic mass is 9.82. The number of fused-ring (bicyclic) bond motifs is 2. The SMILES string of the molecule is CC(=O)OC[C@H]1[C@@H]2C=CC[C@@H]1C=C2. The average Bonchev–Trinajstić information content (AvgIpc) is 2.34. The van der Waals surface area contributed by atoms with E-state index < -0.39 is 0 Å². The van der Waals surface area contributed by atoms with E-state index in [1.807, 2.05) is 0 Å². The van der Waals surface area contributed by atoms with Crippen LogP contribution in [0, 0.1) is 17.8 Å². The maximum Gasteiger partial charge on any atom is 0.302 e. The van der Waals surface area contributed by atoms with Crippen LogP contribution in [0.3, 0.4) is 0 Å². The number of rotatable bonds is 2. The van der Waals surface area contributed by atoms with Crippen LogP contribution in [0.25, 0.3) is 0 Å². The molecular weight excluding hydrogens is 164 g/mol. The molecule has 0 amide bonds. The zero-order chi connectivity index (χ0) is 9.26. The summed E-state index contributed by atoms with van der Waals surface area (Å²) in [5, 5.41) is 0. The first-order chi connectivity index (χ1) is 6.27. The first-order valence-electron chi connectivity index (χ1n) is 4.76. The molecule has 2 rings (SSSR count). The molecule has 70 valence electrons. The normalized spacial score (nSPS) is 35.0. The van der Waals surface area contributed by atoms with Gasteiger partial charge in [0.15, 0.2) is 0 Å². The Kier molecular flexibility index (Phi) is 2.21. The van der Waals surface area contributed by atoms with E-state index in [9.17, 15) is 4.79 Å². The molecule has 0 fully saturated rings. The van der Waals surface area contributed by atoms with Gasteiger partial charge in [-0.3, -0.25) is 4.79 Å². The van der Waals surface area contributed by atoms with E-state index in [4.69, 9.17) is 4.74 Å². The van der Waals surface area contributed by atoms with E-state index >= 15 is 0 Å². The van der Waals surface area contributed by atoms with Crippen molar-refractivity contribution in [3.05, 3.63) is 24.3 Å². The van der Waals surface area contributed by atoms with Crippen LogP contribution in [0.2, 0.25) is 0 Å². The summed E-state index contributed by atoms with van der Waals surface area (Å²) in [4.78, 5) is 10.7. The van der Waals surface area contributed by atoms with Crippen LogP contribution >= 0.6 is 0 Å². The number of allylic oxidation sites excluding steroid dienone is 4. The van der Waals surface area contributed by atoms with Crippen LogP contribution in [-0.2, 0) is 9.53 Å². The fourth-order valence-corrected chi connectivity index (χ4v) is 2.14. The molecule has 0 aromatic heterocycles. The standard InChI is InChI=1S/C11H14O2/c1-8(12)13-7-11-9-3-2-4-10(11)6-5-9/h2-3,5-6,9-11H,4,7H2,1H3/t9-,10-,11+/m1/s1. The van der Waals surface area contributed by atoms with Gasteiger partial charge >= 0.3 is 5.97 Å². The van der Waals surface area contributed by atoms with Crippen molar-refractivity contribution in [3.8, 4) is 0 Å².